The fraction of sp³-hybridized carbons (Fsp3) is 0.222. The van der Waals surface area contributed by atoms with E-state index in [9.17, 15) is 31.1 Å². The van der Waals surface area contributed by atoms with Crippen LogP contribution in [0.25, 0.3) is 10.6 Å². The van der Waals surface area contributed by atoms with Crippen LogP contribution in [0.3, 0.4) is 0 Å². The van der Waals surface area contributed by atoms with Crippen molar-refractivity contribution in [2.45, 2.75) is 32.6 Å². The molecular formula is C27H22F6N4O2S. The first-order valence-electron chi connectivity index (χ1n) is 11.9. The number of hydrogen-bond donors (Lipinski definition) is 1. The summed E-state index contributed by atoms with van der Waals surface area (Å²) >= 11 is 0.585. The summed E-state index contributed by atoms with van der Waals surface area (Å²) in [5, 5.41) is 2.34. The van der Waals surface area contributed by atoms with Crippen LogP contribution in [0.5, 0.6) is 5.75 Å². The second-order valence-corrected chi connectivity index (χ2v) is 9.49. The smallest absolute Gasteiger partial charge is 0.406 e. The zero-order valence-electron chi connectivity index (χ0n) is 20.9. The largest absolute Gasteiger partial charge is 0.573 e. The molecule has 0 unspecified atom stereocenters. The quantitative estimate of drug-likeness (QED) is 0.214. The number of nitrogens with one attached hydrogen (secondary N) is 1. The fourth-order valence-corrected chi connectivity index (χ4v) is 4.87. The van der Waals surface area contributed by atoms with Gasteiger partial charge in [-0.15, -0.1) is 24.5 Å². The number of hydrogen-bond acceptors (Lipinski definition) is 6. The molecule has 40 heavy (non-hydrogen) atoms. The van der Waals surface area contributed by atoms with E-state index in [1.807, 2.05) is 25.1 Å². The van der Waals surface area contributed by atoms with Crippen molar-refractivity contribution >= 4 is 22.9 Å². The number of rotatable bonds is 9. The van der Waals surface area contributed by atoms with E-state index in [4.69, 9.17) is 0 Å². The fourth-order valence-electron chi connectivity index (χ4n) is 3.87. The molecule has 6 nitrogen and oxygen atoms in total. The van der Waals surface area contributed by atoms with E-state index in [0.717, 1.165) is 23.4 Å². The maximum Gasteiger partial charge on any atom is 0.573 e. The highest BCUT2D eigenvalue weighted by Crippen LogP contribution is 2.38. The van der Waals surface area contributed by atoms with Gasteiger partial charge in [0.05, 0.1) is 0 Å². The van der Waals surface area contributed by atoms with Crippen LogP contribution in [0.15, 0.2) is 73.1 Å². The molecule has 0 bridgehead atoms. The van der Waals surface area contributed by atoms with Gasteiger partial charge in [-0.05, 0) is 48.4 Å². The molecule has 2 aromatic carbocycles. The molecular weight excluding hydrogens is 558 g/mol. The maximum atomic E-state index is 13.8. The minimum Gasteiger partial charge on any atom is -0.406 e. The molecule has 210 valence electrons. The Hall–Kier alpha value is -4.13. The molecule has 0 spiro atoms. The second-order valence-electron chi connectivity index (χ2n) is 8.49. The first-order chi connectivity index (χ1) is 18.9. The summed E-state index contributed by atoms with van der Waals surface area (Å²) in [5.41, 5.74) is 1.04. The molecule has 0 atom stereocenters. The van der Waals surface area contributed by atoms with Crippen LogP contribution in [-0.4, -0.2) is 28.8 Å². The van der Waals surface area contributed by atoms with Gasteiger partial charge >= 0.3 is 12.5 Å². The number of aromatic nitrogens is 2. The molecule has 4 aromatic rings. The van der Waals surface area contributed by atoms with Crippen molar-refractivity contribution < 1.29 is 35.9 Å². The van der Waals surface area contributed by atoms with Gasteiger partial charge in [-0.2, -0.15) is 13.2 Å². The number of carbonyl (C=O) groups is 1. The average molecular weight is 581 g/mol. The Morgan fingerprint density at radius 3 is 2.35 bits per heavy atom. The molecule has 0 saturated carbocycles. The molecule has 2 heterocycles. The van der Waals surface area contributed by atoms with Crippen LogP contribution in [-0.2, 0) is 19.3 Å². The van der Waals surface area contributed by atoms with Gasteiger partial charge in [0.1, 0.15) is 15.6 Å². The molecule has 1 N–H and O–H groups in total. The molecule has 2 aromatic heterocycles. The van der Waals surface area contributed by atoms with Gasteiger partial charge in [-0.3, -0.25) is 9.78 Å². The molecule has 13 heteroatoms. The highest BCUT2D eigenvalue weighted by atomic mass is 32.1. The number of nitrogens with zero attached hydrogens (tertiary/aromatic N) is 3. The minimum absolute atomic E-state index is 0.00635. The third-order valence-electron chi connectivity index (χ3n) is 5.64. The van der Waals surface area contributed by atoms with E-state index in [1.54, 1.807) is 30.6 Å². The number of amides is 1. The summed E-state index contributed by atoms with van der Waals surface area (Å²) in [6, 6.07) is 15.4. The minimum atomic E-state index is -4.91. The summed E-state index contributed by atoms with van der Waals surface area (Å²) in [6.07, 6.45) is -6.47. The lowest BCUT2D eigenvalue weighted by molar-refractivity contribution is -0.274. The predicted molar refractivity (Wildman–Crippen MR) is 138 cm³/mol. The van der Waals surface area contributed by atoms with Gasteiger partial charge in [-0.25, -0.2) is 4.98 Å². The first kappa shape index (κ1) is 28.9. The molecule has 0 fully saturated rings. The zero-order chi connectivity index (χ0) is 28.9. The number of ether oxygens (including phenoxy) is 1. The number of carbonyl (C=O) groups excluding carboxylic acids is 1. The monoisotopic (exact) mass is 580 g/mol. The SMILES string of the molecule is CCN(Cc1cccc(-c2nc(C(F)(F)F)c(C(=O)NCc3cccc(OC(F)(F)F)c3)s2)c1)c1ccncc1. The van der Waals surface area contributed by atoms with E-state index in [2.05, 4.69) is 24.9 Å². The maximum absolute atomic E-state index is 13.8. The summed E-state index contributed by atoms with van der Waals surface area (Å²) in [4.78, 5) is 22.0. The Bertz CT molecular complexity index is 1460. The van der Waals surface area contributed by atoms with Crippen molar-refractivity contribution in [2.75, 3.05) is 11.4 Å². The standard InChI is InChI=1S/C27H22F6N4O2S/c1-2-37(20-9-11-34-12-10-20)16-18-6-3-7-19(13-18)25-36-23(26(28,29)30)22(40-25)24(38)35-15-17-5-4-8-21(14-17)39-27(31,32)33/h3-14H,2,15-16H2,1H3,(H,35,38). The van der Waals surface area contributed by atoms with Crippen molar-refractivity contribution in [1.29, 1.82) is 0 Å². The van der Waals surface area contributed by atoms with Crippen LogP contribution in [0.1, 0.15) is 33.4 Å². The lowest BCUT2D eigenvalue weighted by Gasteiger charge is -2.23. The number of halogens is 6. The van der Waals surface area contributed by atoms with Crippen molar-refractivity contribution in [2.24, 2.45) is 0 Å². The number of alkyl halides is 6. The third kappa shape index (κ3) is 7.50. The lowest BCUT2D eigenvalue weighted by atomic mass is 10.1. The van der Waals surface area contributed by atoms with E-state index < -0.39 is 34.8 Å². The molecule has 0 aliphatic rings. The van der Waals surface area contributed by atoms with E-state index in [0.29, 0.717) is 30.0 Å². The van der Waals surface area contributed by atoms with Crippen LogP contribution < -0.4 is 15.0 Å². The summed E-state index contributed by atoms with van der Waals surface area (Å²) in [5.74, 6) is -1.56. The Morgan fingerprint density at radius 2 is 1.68 bits per heavy atom. The highest BCUT2D eigenvalue weighted by molar-refractivity contribution is 7.17. The van der Waals surface area contributed by atoms with Crippen LogP contribution in [0.2, 0.25) is 0 Å². The van der Waals surface area contributed by atoms with Gasteiger partial charge in [0.15, 0.2) is 5.69 Å². The molecule has 4 rings (SSSR count). The van der Waals surface area contributed by atoms with Crippen LogP contribution in [0, 0.1) is 0 Å². The number of thiazole rings is 1. The van der Waals surface area contributed by atoms with Crippen molar-refractivity contribution in [3.8, 4) is 16.3 Å². The van der Waals surface area contributed by atoms with E-state index >= 15 is 0 Å². The molecule has 0 saturated heterocycles. The summed E-state index contributed by atoms with van der Waals surface area (Å²) < 4.78 is 82.8. The molecule has 1 amide bonds. The summed E-state index contributed by atoms with van der Waals surface area (Å²) in [6.45, 7) is 2.82. The van der Waals surface area contributed by atoms with Crippen molar-refractivity contribution in [3.05, 3.63) is 94.8 Å². The number of anilines is 1. The van der Waals surface area contributed by atoms with Crippen molar-refractivity contribution in [1.82, 2.24) is 15.3 Å². The normalized spacial score (nSPS) is 11.8. The Balaban J connectivity index is 1.55. The Morgan fingerprint density at radius 1 is 0.975 bits per heavy atom. The Kier molecular flexibility index (Phi) is 8.62. The molecule has 0 aliphatic carbocycles. The predicted octanol–water partition coefficient (Wildman–Crippen LogP) is 7.08. The van der Waals surface area contributed by atoms with Gasteiger partial charge in [0.25, 0.3) is 5.91 Å². The van der Waals surface area contributed by atoms with Gasteiger partial charge in [0.2, 0.25) is 0 Å². The van der Waals surface area contributed by atoms with Gasteiger partial charge < -0.3 is 15.0 Å². The summed E-state index contributed by atoms with van der Waals surface area (Å²) in [7, 11) is 0. The second kappa shape index (κ2) is 11.9. The van der Waals surface area contributed by atoms with Gasteiger partial charge in [0, 0.05) is 43.3 Å². The number of benzene rings is 2. The zero-order valence-corrected chi connectivity index (χ0v) is 21.7. The van der Waals surface area contributed by atoms with Crippen molar-refractivity contribution in [3.63, 3.8) is 0 Å². The topological polar surface area (TPSA) is 67.4 Å². The van der Waals surface area contributed by atoms with Gasteiger partial charge in [-0.1, -0.05) is 30.3 Å². The van der Waals surface area contributed by atoms with E-state index in [1.165, 1.54) is 12.1 Å². The third-order valence-corrected chi connectivity index (χ3v) is 6.75. The Labute approximate surface area is 229 Å². The van der Waals surface area contributed by atoms with E-state index in [-0.39, 0.29) is 17.1 Å². The van der Waals surface area contributed by atoms with Crippen LogP contribution >= 0.6 is 11.3 Å². The molecule has 0 radical (unpaired) electrons. The lowest BCUT2D eigenvalue weighted by Crippen LogP contribution is -2.25. The van der Waals surface area contributed by atoms with Crippen LogP contribution in [0.4, 0.5) is 32.0 Å². The first-order valence-corrected chi connectivity index (χ1v) is 12.7. The molecule has 0 aliphatic heterocycles. The number of pyridine rings is 1. The highest BCUT2D eigenvalue weighted by Gasteiger charge is 2.40. The average Bonchev–Trinajstić information content (AvgIpc) is 3.37.